The summed E-state index contributed by atoms with van der Waals surface area (Å²) in [4.78, 5) is 23.4. The van der Waals surface area contributed by atoms with Crippen LogP contribution in [0.2, 0.25) is 0 Å². The van der Waals surface area contributed by atoms with Crippen LogP contribution in [0.3, 0.4) is 0 Å². The van der Waals surface area contributed by atoms with Gasteiger partial charge in [-0.3, -0.25) is 9.59 Å². The summed E-state index contributed by atoms with van der Waals surface area (Å²) in [6.45, 7) is 0. The summed E-state index contributed by atoms with van der Waals surface area (Å²) in [5, 5.41) is 5.65. The third kappa shape index (κ3) is 3.96. The number of amides is 2. The van der Waals surface area contributed by atoms with Crippen LogP contribution in [0.25, 0.3) is 0 Å². The van der Waals surface area contributed by atoms with Crippen LogP contribution < -0.4 is 10.6 Å². The fourth-order valence-corrected chi connectivity index (χ4v) is 3.49. The van der Waals surface area contributed by atoms with Gasteiger partial charge in [0.15, 0.2) is 0 Å². The van der Waals surface area contributed by atoms with Crippen LogP contribution in [-0.4, -0.2) is 23.3 Å². The lowest BCUT2D eigenvalue weighted by atomic mass is 10.2. The number of anilines is 2. The van der Waals surface area contributed by atoms with Gasteiger partial charge >= 0.3 is 0 Å². The summed E-state index contributed by atoms with van der Waals surface area (Å²) >= 11 is 0. The van der Waals surface area contributed by atoms with E-state index in [1.807, 2.05) is 12.1 Å². The Morgan fingerprint density at radius 2 is 1.28 bits per heavy atom. The van der Waals surface area contributed by atoms with Crippen molar-refractivity contribution in [3.05, 3.63) is 24.3 Å². The zero-order valence-electron chi connectivity index (χ0n) is 9.77. The molecule has 1 aliphatic rings. The van der Waals surface area contributed by atoms with Crippen LogP contribution in [0, 0.1) is 0 Å². The van der Waals surface area contributed by atoms with Gasteiger partial charge in [0.25, 0.3) is 0 Å². The van der Waals surface area contributed by atoms with Gasteiger partial charge in [-0.15, -0.1) is 0 Å². The molecular weight excluding hydrogens is 268 g/mol. The lowest BCUT2D eigenvalue weighted by Gasteiger charge is -2.13. The molecule has 0 aromatic heterocycles. The predicted octanol–water partition coefficient (Wildman–Crippen LogP) is 2.74. The van der Waals surface area contributed by atoms with Crippen molar-refractivity contribution >= 4 is 44.8 Å². The Labute approximate surface area is 114 Å². The second kappa shape index (κ2) is 6.70. The molecule has 0 spiro atoms. The van der Waals surface area contributed by atoms with Crippen molar-refractivity contribution in [1.82, 2.24) is 0 Å². The Morgan fingerprint density at radius 3 is 1.72 bits per heavy atom. The number of benzene rings is 1. The molecule has 0 fully saturated rings. The zero-order chi connectivity index (χ0) is 12.8. The van der Waals surface area contributed by atoms with Crippen LogP contribution in [-0.2, 0) is 9.59 Å². The van der Waals surface area contributed by atoms with Gasteiger partial charge in [-0.25, -0.2) is 0 Å². The standard InChI is InChI=1S/C12H14N2O2S2/c15-11-5-7-17-18-8-6-12(16)14-10-4-2-1-3-9(10)13-11/h1-4H,5-8H2,(H,13,15)(H,14,16). The summed E-state index contributed by atoms with van der Waals surface area (Å²) in [6, 6.07) is 7.26. The second-order valence-electron chi connectivity index (χ2n) is 3.79. The van der Waals surface area contributed by atoms with Crippen molar-refractivity contribution in [3.63, 3.8) is 0 Å². The van der Waals surface area contributed by atoms with E-state index in [9.17, 15) is 9.59 Å². The smallest absolute Gasteiger partial charge is 0.225 e. The molecule has 0 unspecified atom stereocenters. The molecule has 18 heavy (non-hydrogen) atoms. The normalized spacial score (nSPS) is 17.8. The maximum Gasteiger partial charge on any atom is 0.225 e. The van der Waals surface area contributed by atoms with E-state index in [1.165, 1.54) is 0 Å². The third-order valence-corrected chi connectivity index (χ3v) is 4.79. The quantitative estimate of drug-likeness (QED) is 0.718. The highest BCUT2D eigenvalue weighted by Crippen LogP contribution is 2.26. The Morgan fingerprint density at radius 1 is 0.833 bits per heavy atom. The Kier molecular flexibility index (Phi) is 4.95. The Balaban J connectivity index is 2.17. The van der Waals surface area contributed by atoms with E-state index in [0.717, 1.165) is 11.5 Å². The first-order chi connectivity index (χ1) is 8.75. The number of hydrogen-bond donors (Lipinski definition) is 2. The van der Waals surface area contributed by atoms with Crippen molar-refractivity contribution in [1.29, 1.82) is 0 Å². The number of fused-ring (bicyclic) bond motifs is 1. The highest BCUT2D eigenvalue weighted by atomic mass is 33.1. The van der Waals surface area contributed by atoms with Gasteiger partial charge in [-0.05, 0) is 12.1 Å². The van der Waals surface area contributed by atoms with E-state index in [4.69, 9.17) is 0 Å². The first kappa shape index (κ1) is 13.3. The summed E-state index contributed by atoms with van der Waals surface area (Å²) in [5.41, 5.74) is 1.32. The number of nitrogens with one attached hydrogen (secondary N) is 2. The second-order valence-corrected chi connectivity index (χ2v) is 6.49. The van der Waals surface area contributed by atoms with E-state index in [-0.39, 0.29) is 11.8 Å². The van der Waals surface area contributed by atoms with E-state index < -0.39 is 0 Å². The first-order valence-electron chi connectivity index (χ1n) is 5.69. The molecule has 2 N–H and O–H groups in total. The Hall–Kier alpha value is -1.14. The minimum absolute atomic E-state index is 0.0228. The van der Waals surface area contributed by atoms with Crippen molar-refractivity contribution in [2.45, 2.75) is 12.8 Å². The summed E-state index contributed by atoms with van der Waals surface area (Å²) in [6.07, 6.45) is 0.972. The predicted molar refractivity (Wildman–Crippen MR) is 77.9 cm³/mol. The lowest BCUT2D eigenvalue weighted by Crippen LogP contribution is -2.17. The minimum Gasteiger partial charge on any atom is -0.324 e. The maximum absolute atomic E-state index is 11.7. The number of rotatable bonds is 0. The molecule has 1 aliphatic heterocycles. The van der Waals surface area contributed by atoms with E-state index in [1.54, 1.807) is 33.7 Å². The van der Waals surface area contributed by atoms with Gasteiger partial charge in [0.05, 0.1) is 11.4 Å². The van der Waals surface area contributed by atoms with Gasteiger partial charge in [-0.2, -0.15) is 0 Å². The molecule has 96 valence electrons. The summed E-state index contributed by atoms with van der Waals surface area (Å²) in [5.74, 6) is 1.48. The number of para-hydroxylation sites is 2. The topological polar surface area (TPSA) is 58.2 Å². The molecule has 0 bridgehead atoms. The van der Waals surface area contributed by atoms with Crippen LogP contribution in [0.5, 0.6) is 0 Å². The summed E-state index contributed by atoms with van der Waals surface area (Å²) < 4.78 is 0. The Bertz CT molecular complexity index is 410. The van der Waals surface area contributed by atoms with Gasteiger partial charge in [0.1, 0.15) is 0 Å². The maximum atomic E-state index is 11.7. The van der Waals surface area contributed by atoms with Crippen molar-refractivity contribution in [2.24, 2.45) is 0 Å². The highest BCUT2D eigenvalue weighted by Gasteiger charge is 2.10. The molecular formula is C12H14N2O2S2. The van der Waals surface area contributed by atoms with Crippen LogP contribution in [0.15, 0.2) is 24.3 Å². The number of carbonyl (C=O) groups excluding carboxylic acids is 2. The molecule has 1 aromatic carbocycles. The van der Waals surface area contributed by atoms with Gasteiger partial charge in [0.2, 0.25) is 11.8 Å². The molecule has 0 radical (unpaired) electrons. The SMILES string of the molecule is O=C1CCSSCCC(=O)Nc2ccccc2N1. The monoisotopic (exact) mass is 282 g/mol. The van der Waals surface area contributed by atoms with E-state index in [0.29, 0.717) is 24.2 Å². The average molecular weight is 282 g/mol. The molecule has 0 aliphatic carbocycles. The fourth-order valence-electron chi connectivity index (χ4n) is 1.51. The average Bonchev–Trinajstić information content (AvgIpc) is 2.34. The summed E-state index contributed by atoms with van der Waals surface area (Å²) in [7, 11) is 3.26. The van der Waals surface area contributed by atoms with Crippen LogP contribution >= 0.6 is 21.6 Å². The minimum atomic E-state index is -0.0228. The highest BCUT2D eigenvalue weighted by molar-refractivity contribution is 8.76. The molecule has 0 saturated carbocycles. The molecule has 2 amide bonds. The number of carbonyl (C=O) groups is 2. The number of hydrogen-bond acceptors (Lipinski definition) is 4. The molecule has 2 rings (SSSR count). The first-order valence-corrected chi connectivity index (χ1v) is 8.17. The van der Waals surface area contributed by atoms with Gasteiger partial charge < -0.3 is 10.6 Å². The van der Waals surface area contributed by atoms with E-state index in [2.05, 4.69) is 10.6 Å². The van der Waals surface area contributed by atoms with Gasteiger partial charge in [-0.1, -0.05) is 33.7 Å². The molecule has 1 aromatic rings. The molecule has 0 saturated heterocycles. The van der Waals surface area contributed by atoms with Crippen molar-refractivity contribution < 1.29 is 9.59 Å². The van der Waals surface area contributed by atoms with Crippen molar-refractivity contribution in [3.8, 4) is 0 Å². The largest absolute Gasteiger partial charge is 0.324 e. The molecule has 0 atom stereocenters. The fraction of sp³-hybridized carbons (Fsp3) is 0.333. The van der Waals surface area contributed by atoms with Crippen LogP contribution in [0.4, 0.5) is 11.4 Å². The van der Waals surface area contributed by atoms with Crippen molar-refractivity contribution in [2.75, 3.05) is 22.1 Å². The van der Waals surface area contributed by atoms with E-state index >= 15 is 0 Å². The third-order valence-electron chi connectivity index (χ3n) is 2.38. The zero-order valence-corrected chi connectivity index (χ0v) is 11.4. The molecule has 4 nitrogen and oxygen atoms in total. The molecule has 6 heteroatoms. The van der Waals surface area contributed by atoms with Crippen LogP contribution in [0.1, 0.15) is 12.8 Å². The molecule has 1 heterocycles. The van der Waals surface area contributed by atoms with Gasteiger partial charge in [0, 0.05) is 24.3 Å². The lowest BCUT2D eigenvalue weighted by molar-refractivity contribution is -0.116.